The molecule has 6 heteroatoms. The van der Waals surface area contributed by atoms with Crippen LogP contribution in [0.4, 0.5) is 0 Å². The molecule has 0 radical (unpaired) electrons. The number of aromatic hydroxyl groups is 1. The van der Waals surface area contributed by atoms with Crippen molar-refractivity contribution in [2.24, 2.45) is 5.73 Å². The van der Waals surface area contributed by atoms with Gasteiger partial charge in [-0.15, -0.1) is 0 Å². The number of hydrogen-bond donors (Lipinski definition) is 4. The first-order valence-corrected chi connectivity index (χ1v) is 7.02. The summed E-state index contributed by atoms with van der Waals surface area (Å²) in [5.41, 5.74) is 12.0. The van der Waals surface area contributed by atoms with Gasteiger partial charge in [0.1, 0.15) is 12.1 Å². The van der Waals surface area contributed by atoms with Crippen molar-refractivity contribution in [3.63, 3.8) is 0 Å². The van der Waals surface area contributed by atoms with E-state index >= 15 is 0 Å². The molecule has 0 atom stereocenters. The van der Waals surface area contributed by atoms with Crippen molar-refractivity contribution in [2.75, 3.05) is 18.5 Å². The molecule has 0 unspecified atom stereocenters. The SMILES string of the molecule is NCCc1cn(NCCc2c[nH]c3ccc(O)cc23)cn1. The number of fused-ring (bicyclic) bond motifs is 1. The molecule has 5 N–H and O–H groups in total. The summed E-state index contributed by atoms with van der Waals surface area (Å²) >= 11 is 0. The maximum atomic E-state index is 9.58. The minimum atomic E-state index is 0.289. The number of phenols is 1. The zero-order chi connectivity index (χ0) is 14.7. The Balaban J connectivity index is 1.62. The van der Waals surface area contributed by atoms with Crippen LogP contribution in [0.5, 0.6) is 5.75 Å². The van der Waals surface area contributed by atoms with E-state index in [0.29, 0.717) is 6.54 Å². The molecule has 0 bridgehead atoms. The van der Waals surface area contributed by atoms with E-state index < -0.39 is 0 Å². The minimum Gasteiger partial charge on any atom is -0.508 e. The zero-order valence-electron chi connectivity index (χ0n) is 11.7. The molecule has 0 saturated carbocycles. The van der Waals surface area contributed by atoms with Crippen LogP contribution in [0.3, 0.4) is 0 Å². The van der Waals surface area contributed by atoms with Gasteiger partial charge >= 0.3 is 0 Å². The van der Waals surface area contributed by atoms with E-state index in [1.165, 1.54) is 5.56 Å². The molecule has 0 aliphatic rings. The number of rotatable bonds is 6. The first-order valence-electron chi connectivity index (χ1n) is 7.02. The summed E-state index contributed by atoms with van der Waals surface area (Å²) in [5, 5.41) is 10.6. The van der Waals surface area contributed by atoms with Crippen LogP contribution in [0, 0.1) is 0 Å². The first kappa shape index (κ1) is 13.5. The molecule has 0 saturated heterocycles. The normalized spacial score (nSPS) is 11.1. The Morgan fingerprint density at radius 3 is 3.10 bits per heavy atom. The van der Waals surface area contributed by atoms with Crippen LogP contribution < -0.4 is 11.2 Å². The van der Waals surface area contributed by atoms with Gasteiger partial charge < -0.3 is 21.2 Å². The van der Waals surface area contributed by atoms with Crippen molar-refractivity contribution in [3.8, 4) is 5.75 Å². The molecular formula is C15H19N5O. The molecule has 2 aromatic heterocycles. The monoisotopic (exact) mass is 285 g/mol. The molecule has 2 heterocycles. The Morgan fingerprint density at radius 1 is 1.33 bits per heavy atom. The summed E-state index contributed by atoms with van der Waals surface area (Å²) in [7, 11) is 0. The number of phenolic OH excluding ortho intramolecular Hbond substituents is 1. The number of aromatic nitrogens is 3. The Hall–Kier alpha value is -2.47. The number of nitrogens with one attached hydrogen (secondary N) is 2. The maximum Gasteiger partial charge on any atom is 0.116 e. The van der Waals surface area contributed by atoms with Crippen LogP contribution in [-0.4, -0.2) is 32.8 Å². The Kier molecular flexibility index (Phi) is 3.79. The quantitative estimate of drug-likeness (QED) is 0.550. The van der Waals surface area contributed by atoms with Crippen molar-refractivity contribution in [3.05, 3.63) is 48.2 Å². The standard InChI is InChI=1S/C15H19N5O/c16-5-3-12-9-20(10-18-12)19-6-4-11-8-17-15-2-1-13(21)7-14(11)15/h1-2,7-10,17,19,21H,3-6,16H2. The van der Waals surface area contributed by atoms with Crippen LogP contribution in [0.1, 0.15) is 11.3 Å². The van der Waals surface area contributed by atoms with Crippen LogP contribution in [0.25, 0.3) is 10.9 Å². The smallest absolute Gasteiger partial charge is 0.116 e. The fraction of sp³-hybridized carbons (Fsp3) is 0.267. The van der Waals surface area contributed by atoms with Gasteiger partial charge in [0, 0.05) is 36.3 Å². The summed E-state index contributed by atoms with van der Waals surface area (Å²) in [6.45, 7) is 1.39. The highest BCUT2D eigenvalue weighted by Crippen LogP contribution is 2.23. The van der Waals surface area contributed by atoms with E-state index in [9.17, 15) is 5.11 Å². The average Bonchev–Trinajstić information content (AvgIpc) is 3.07. The predicted octanol–water partition coefficient (Wildman–Crippen LogP) is 1.36. The molecule has 0 aliphatic carbocycles. The lowest BCUT2D eigenvalue weighted by Crippen LogP contribution is -2.15. The fourth-order valence-corrected chi connectivity index (χ4v) is 2.42. The molecular weight excluding hydrogens is 266 g/mol. The highest BCUT2D eigenvalue weighted by Gasteiger charge is 2.04. The topological polar surface area (TPSA) is 91.9 Å². The van der Waals surface area contributed by atoms with Crippen LogP contribution in [-0.2, 0) is 12.8 Å². The molecule has 1 aromatic carbocycles. The summed E-state index contributed by atoms with van der Waals surface area (Å²) < 4.78 is 1.86. The van der Waals surface area contributed by atoms with E-state index in [-0.39, 0.29) is 5.75 Å². The molecule has 110 valence electrons. The molecule has 21 heavy (non-hydrogen) atoms. The van der Waals surface area contributed by atoms with Crippen molar-refractivity contribution in [1.29, 1.82) is 0 Å². The van der Waals surface area contributed by atoms with Crippen LogP contribution in [0.15, 0.2) is 36.9 Å². The molecule has 0 spiro atoms. The summed E-state index contributed by atoms with van der Waals surface area (Å²) in [4.78, 5) is 7.48. The van der Waals surface area contributed by atoms with Gasteiger partial charge in [0.05, 0.1) is 5.69 Å². The first-order chi connectivity index (χ1) is 10.3. The highest BCUT2D eigenvalue weighted by molar-refractivity contribution is 5.84. The Bertz CT molecular complexity index is 731. The number of nitrogens with zero attached hydrogens (tertiary/aromatic N) is 2. The van der Waals surface area contributed by atoms with Gasteiger partial charge in [-0.3, -0.25) is 4.68 Å². The van der Waals surface area contributed by atoms with Gasteiger partial charge in [-0.25, -0.2) is 4.98 Å². The van der Waals surface area contributed by atoms with Gasteiger partial charge in [0.25, 0.3) is 0 Å². The molecule has 6 nitrogen and oxygen atoms in total. The second kappa shape index (κ2) is 5.88. The second-order valence-corrected chi connectivity index (χ2v) is 5.01. The van der Waals surface area contributed by atoms with Crippen molar-refractivity contribution in [2.45, 2.75) is 12.8 Å². The van der Waals surface area contributed by atoms with Gasteiger partial charge in [-0.05, 0) is 36.7 Å². The van der Waals surface area contributed by atoms with E-state index in [2.05, 4.69) is 15.4 Å². The third-order valence-corrected chi connectivity index (χ3v) is 3.48. The van der Waals surface area contributed by atoms with Gasteiger partial charge in [0.2, 0.25) is 0 Å². The van der Waals surface area contributed by atoms with E-state index in [4.69, 9.17) is 5.73 Å². The zero-order valence-corrected chi connectivity index (χ0v) is 11.7. The van der Waals surface area contributed by atoms with Gasteiger partial charge in [-0.2, -0.15) is 0 Å². The lowest BCUT2D eigenvalue weighted by molar-refractivity contribution is 0.476. The van der Waals surface area contributed by atoms with E-state index in [1.54, 1.807) is 18.5 Å². The van der Waals surface area contributed by atoms with Crippen LogP contribution in [0.2, 0.25) is 0 Å². The average molecular weight is 285 g/mol. The number of benzene rings is 1. The van der Waals surface area contributed by atoms with Crippen molar-refractivity contribution < 1.29 is 5.11 Å². The third-order valence-electron chi connectivity index (χ3n) is 3.48. The summed E-state index contributed by atoms with van der Waals surface area (Å²) in [6.07, 6.45) is 7.34. The van der Waals surface area contributed by atoms with Crippen LogP contribution >= 0.6 is 0 Å². The van der Waals surface area contributed by atoms with Crippen molar-refractivity contribution in [1.82, 2.24) is 14.6 Å². The minimum absolute atomic E-state index is 0.289. The predicted molar refractivity (Wildman–Crippen MR) is 82.9 cm³/mol. The number of imidazole rings is 1. The molecule has 0 aliphatic heterocycles. The number of nitrogens with two attached hydrogens (primary N) is 1. The number of H-pyrrole nitrogens is 1. The fourth-order valence-electron chi connectivity index (χ4n) is 2.42. The molecule has 0 amide bonds. The maximum absolute atomic E-state index is 9.58. The third kappa shape index (κ3) is 3.00. The molecule has 3 aromatic rings. The Labute approximate surface area is 122 Å². The largest absolute Gasteiger partial charge is 0.508 e. The summed E-state index contributed by atoms with van der Waals surface area (Å²) in [5.74, 6) is 0.289. The Morgan fingerprint density at radius 2 is 2.24 bits per heavy atom. The van der Waals surface area contributed by atoms with E-state index in [0.717, 1.165) is 36.0 Å². The lowest BCUT2D eigenvalue weighted by atomic mass is 10.1. The molecule has 0 fully saturated rings. The molecule has 3 rings (SSSR count). The second-order valence-electron chi connectivity index (χ2n) is 5.01. The van der Waals surface area contributed by atoms with E-state index in [1.807, 2.05) is 23.1 Å². The number of hydrogen-bond acceptors (Lipinski definition) is 4. The van der Waals surface area contributed by atoms with Gasteiger partial charge in [0.15, 0.2) is 0 Å². The number of aromatic amines is 1. The van der Waals surface area contributed by atoms with Crippen molar-refractivity contribution >= 4 is 10.9 Å². The highest BCUT2D eigenvalue weighted by atomic mass is 16.3. The van der Waals surface area contributed by atoms with Gasteiger partial charge in [-0.1, -0.05) is 0 Å². The lowest BCUT2D eigenvalue weighted by Gasteiger charge is -2.06. The summed E-state index contributed by atoms with van der Waals surface area (Å²) in [6, 6.07) is 5.36.